The normalized spacial score (nSPS) is 22.1. The van der Waals surface area contributed by atoms with E-state index in [4.69, 9.17) is 9.47 Å². The summed E-state index contributed by atoms with van der Waals surface area (Å²) in [5.74, 6) is -6.67. The zero-order valence-corrected chi connectivity index (χ0v) is 31.6. The Morgan fingerprint density at radius 1 is 0.821 bits per heavy atom. The number of benzene rings is 4. The van der Waals surface area contributed by atoms with Crippen LogP contribution in [0.2, 0.25) is 0 Å². The number of carbonyl (C=O) groups is 2. The summed E-state index contributed by atoms with van der Waals surface area (Å²) in [6, 6.07) is 12.1. The van der Waals surface area contributed by atoms with Crippen LogP contribution in [0.25, 0.3) is 0 Å². The second-order valence-corrected chi connectivity index (χ2v) is 15.5. The van der Waals surface area contributed by atoms with E-state index in [0.29, 0.717) is 11.1 Å². The van der Waals surface area contributed by atoms with Crippen molar-refractivity contribution >= 4 is 11.6 Å². The van der Waals surface area contributed by atoms with Crippen molar-refractivity contribution in [3.05, 3.63) is 123 Å². The molecule has 2 heterocycles. The fourth-order valence-electron chi connectivity index (χ4n) is 8.42. The van der Waals surface area contributed by atoms with E-state index in [1.807, 2.05) is 39.8 Å². The molecule has 4 aromatic rings. The van der Waals surface area contributed by atoms with Crippen LogP contribution in [0.5, 0.6) is 51.7 Å². The molecule has 7 N–H and O–H groups in total. The predicted octanol–water partition coefficient (Wildman–Crippen LogP) is 8.44. The third kappa shape index (κ3) is 6.26. The zero-order valence-electron chi connectivity index (χ0n) is 31.6. The highest BCUT2D eigenvalue weighted by atomic mass is 16.6. The van der Waals surface area contributed by atoms with E-state index < -0.39 is 58.3 Å². The molecule has 4 aromatic carbocycles. The van der Waals surface area contributed by atoms with Crippen LogP contribution in [-0.2, 0) is 12.0 Å². The van der Waals surface area contributed by atoms with Gasteiger partial charge in [0.05, 0.1) is 5.56 Å². The van der Waals surface area contributed by atoms with Crippen LogP contribution in [0.4, 0.5) is 0 Å². The van der Waals surface area contributed by atoms with Gasteiger partial charge in [-0.3, -0.25) is 9.59 Å². The van der Waals surface area contributed by atoms with Gasteiger partial charge in [-0.15, -0.1) is 0 Å². The molecule has 11 heteroatoms. The second kappa shape index (κ2) is 14.1. The Hall–Kier alpha value is -6.36. The summed E-state index contributed by atoms with van der Waals surface area (Å²) >= 11 is 0. The number of ether oxygens (including phenoxy) is 2. The molecule has 3 aliphatic rings. The SMILES string of the molecule is CC(C)=CCc1c(O)c(C2C=C(C)CC(c3ccc(O)cc3O)C2C(=O)c2ccc(O)cc2O)c(O)c2c1OC1(CC=C(C)C)c3ccc(O)cc3OC1C2=O. The van der Waals surface area contributed by atoms with Gasteiger partial charge in [0.25, 0.3) is 0 Å². The van der Waals surface area contributed by atoms with Crippen LogP contribution in [-0.4, -0.2) is 53.4 Å². The van der Waals surface area contributed by atoms with Gasteiger partial charge in [-0.25, -0.2) is 0 Å². The van der Waals surface area contributed by atoms with Gasteiger partial charge >= 0.3 is 0 Å². The molecule has 0 amide bonds. The van der Waals surface area contributed by atoms with Crippen molar-refractivity contribution in [1.29, 1.82) is 0 Å². The lowest BCUT2D eigenvalue weighted by Crippen LogP contribution is -2.51. The summed E-state index contributed by atoms with van der Waals surface area (Å²) in [5, 5.41) is 77.5. The monoisotopic (exact) mass is 760 g/mol. The summed E-state index contributed by atoms with van der Waals surface area (Å²) in [4.78, 5) is 29.8. The molecule has 2 aliphatic heterocycles. The number of phenols is 7. The molecule has 5 atom stereocenters. The number of hydrogen-bond acceptors (Lipinski definition) is 11. The molecular formula is C45H44O11. The lowest BCUT2D eigenvalue weighted by Gasteiger charge is -2.41. The number of ketones is 2. The van der Waals surface area contributed by atoms with Crippen LogP contribution in [0, 0.1) is 5.92 Å². The number of hydrogen-bond donors (Lipinski definition) is 7. The van der Waals surface area contributed by atoms with E-state index in [0.717, 1.165) is 28.9 Å². The van der Waals surface area contributed by atoms with Gasteiger partial charge in [-0.05, 0) is 83.4 Å². The third-order valence-electron chi connectivity index (χ3n) is 11.0. The minimum atomic E-state index is -1.43. The number of Topliss-reactive ketones (excluding diaryl/α,β-unsaturated/α-hetero) is 2. The number of phenolic OH excluding ortho intramolecular Hbond substituents is 7. The first-order valence-electron chi connectivity index (χ1n) is 18.4. The standard InChI is InChI=1S/C45H44O11/c1-21(2)6-10-29-40(52)37(41(53)38-42(54)44-45(56-43(29)38,15-14-22(3)4)32-13-9-26(48)20-35(32)55-44)31-17-23(5)16-30(27-11-7-24(46)18-33(27)49)36(31)39(51)28-12-8-25(47)19-34(28)50/h6-9,11-14,17-20,30-31,36,44,46-50,52-53H,10,15-16H2,1-5H3. The van der Waals surface area contributed by atoms with E-state index in [2.05, 4.69) is 0 Å². The second-order valence-electron chi connectivity index (χ2n) is 15.5. The van der Waals surface area contributed by atoms with Crippen LogP contribution < -0.4 is 9.47 Å². The van der Waals surface area contributed by atoms with Crippen molar-refractivity contribution in [2.45, 2.75) is 77.4 Å². The van der Waals surface area contributed by atoms with Gasteiger partial charge in [-0.2, -0.15) is 0 Å². The van der Waals surface area contributed by atoms with Crippen molar-refractivity contribution in [2.75, 3.05) is 0 Å². The fraction of sp³-hybridized carbons (Fsp3) is 0.289. The topological polar surface area (TPSA) is 194 Å². The minimum Gasteiger partial charge on any atom is -0.508 e. The molecular weight excluding hydrogens is 716 g/mol. The Balaban J connectivity index is 1.50. The third-order valence-corrected chi connectivity index (χ3v) is 11.0. The first kappa shape index (κ1) is 37.9. The van der Waals surface area contributed by atoms with Gasteiger partial charge in [0.1, 0.15) is 57.3 Å². The van der Waals surface area contributed by atoms with Crippen molar-refractivity contribution in [3.8, 4) is 51.7 Å². The highest BCUT2D eigenvalue weighted by Gasteiger charge is 2.59. The van der Waals surface area contributed by atoms with Gasteiger partial charge in [0.2, 0.25) is 11.9 Å². The van der Waals surface area contributed by atoms with Crippen LogP contribution in [0.15, 0.2) is 89.5 Å². The molecule has 7 rings (SSSR count). The number of carbonyl (C=O) groups excluding carboxylic acids is 2. The van der Waals surface area contributed by atoms with E-state index in [9.17, 15) is 45.3 Å². The number of rotatable bonds is 8. The molecule has 290 valence electrons. The molecule has 0 radical (unpaired) electrons. The molecule has 5 unspecified atom stereocenters. The maximum absolute atomic E-state index is 15.0. The molecule has 56 heavy (non-hydrogen) atoms. The Morgan fingerprint density at radius 2 is 1.46 bits per heavy atom. The molecule has 1 aliphatic carbocycles. The first-order valence-corrected chi connectivity index (χ1v) is 18.4. The maximum Gasteiger partial charge on any atom is 0.215 e. The van der Waals surface area contributed by atoms with Crippen LogP contribution in [0.1, 0.15) is 102 Å². The van der Waals surface area contributed by atoms with E-state index in [1.165, 1.54) is 36.4 Å². The van der Waals surface area contributed by atoms with Gasteiger partial charge in [-0.1, -0.05) is 41.0 Å². The van der Waals surface area contributed by atoms with Crippen molar-refractivity contribution in [2.24, 2.45) is 5.92 Å². The molecule has 0 fully saturated rings. The maximum atomic E-state index is 15.0. The fourth-order valence-corrected chi connectivity index (χ4v) is 8.42. The lowest BCUT2D eigenvalue weighted by atomic mass is 9.64. The number of fused-ring (bicyclic) bond motifs is 4. The van der Waals surface area contributed by atoms with Crippen molar-refractivity contribution < 1.29 is 54.8 Å². The Bertz CT molecular complexity index is 2400. The minimum absolute atomic E-state index is 0.0440. The van der Waals surface area contributed by atoms with E-state index in [-0.39, 0.29) is 76.0 Å². The van der Waals surface area contributed by atoms with Crippen LogP contribution >= 0.6 is 0 Å². The molecule has 0 saturated carbocycles. The first-order chi connectivity index (χ1) is 26.5. The van der Waals surface area contributed by atoms with Crippen molar-refractivity contribution in [1.82, 2.24) is 0 Å². The molecule has 0 aromatic heterocycles. The quantitative estimate of drug-likeness (QED) is 0.0673. The Labute approximate surface area is 323 Å². The summed E-state index contributed by atoms with van der Waals surface area (Å²) < 4.78 is 13.1. The molecule has 0 bridgehead atoms. The van der Waals surface area contributed by atoms with Crippen LogP contribution in [0.3, 0.4) is 0 Å². The smallest absolute Gasteiger partial charge is 0.215 e. The summed E-state index contributed by atoms with van der Waals surface area (Å²) in [7, 11) is 0. The van der Waals surface area contributed by atoms with Gasteiger partial charge < -0.3 is 45.2 Å². The van der Waals surface area contributed by atoms with Gasteiger partial charge in [0.15, 0.2) is 11.4 Å². The zero-order chi connectivity index (χ0) is 40.4. The van der Waals surface area contributed by atoms with E-state index in [1.54, 1.807) is 19.1 Å². The largest absolute Gasteiger partial charge is 0.508 e. The molecule has 0 saturated heterocycles. The van der Waals surface area contributed by atoms with Crippen molar-refractivity contribution in [3.63, 3.8) is 0 Å². The predicted molar refractivity (Wildman–Crippen MR) is 207 cm³/mol. The Kier molecular flexibility index (Phi) is 9.52. The summed E-state index contributed by atoms with van der Waals surface area (Å²) in [6.07, 6.45) is 4.64. The highest BCUT2D eigenvalue weighted by molar-refractivity contribution is 6.08. The van der Waals surface area contributed by atoms with Gasteiger partial charge in [0, 0.05) is 59.1 Å². The number of aromatic hydroxyl groups is 7. The summed E-state index contributed by atoms with van der Waals surface area (Å²) in [6.45, 7) is 9.36. The Morgan fingerprint density at radius 3 is 2.12 bits per heavy atom. The highest BCUT2D eigenvalue weighted by Crippen LogP contribution is 2.60. The lowest BCUT2D eigenvalue weighted by molar-refractivity contribution is -0.0170. The average molecular weight is 761 g/mol. The molecule has 11 nitrogen and oxygen atoms in total. The summed E-state index contributed by atoms with van der Waals surface area (Å²) in [5.41, 5.74) is 1.59. The molecule has 0 spiro atoms. The number of allylic oxidation sites excluding steroid dienone is 5. The average Bonchev–Trinajstić information content (AvgIpc) is 3.43. The van der Waals surface area contributed by atoms with E-state index >= 15 is 0 Å².